The van der Waals surface area contributed by atoms with Crippen molar-refractivity contribution in [2.75, 3.05) is 5.32 Å². The summed E-state index contributed by atoms with van der Waals surface area (Å²) in [5, 5.41) is 6.07. The smallest absolute Gasteiger partial charge is 0.277 e. The van der Waals surface area contributed by atoms with Gasteiger partial charge < -0.3 is 4.42 Å². The minimum atomic E-state index is -0.340. The van der Waals surface area contributed by atoms with Gasteiger partial charge in [-0.25, -0.2) is 9.97 Å². The van der Waals surface area contributed by atoms with Gasteiger partial charge in [-0.15, -0.1) is 11.3 Å². The molecule has 4 aromatic rings. The van der Waals surface area contributed by atoms with E-state index >= 15 is 0 Å². The van der Waals surface area contributed by atoms with Crippen molar-refractivity contribution in [3.63, 3.8) is 0 Å². The predicted molar refractivity (Wildman–Crippen MR) is 92.0 cm³/mol. The molecule has 0 unspecified atom stereocenters. The molecule has 0 atom stereocenters. The Balaban J connectivity index is 1.56. The number of amides is 1. The van der Waals surface area contributed by atoms with Crippen LogP contribution in [0, 0.1) is 6.92 Å². The molecule has 0 aliphatic heterocycles. The number of nitrogens with one attached hydrogen (secondary N) is 1. The first kappa shape index (κ1) is 14.5. The van der Waals surface area contributed by atoms with Crippen LogP contribution in [0.4, 0.5) is 5.13 Å². The Bertz CT molecular complexity index is 987. The predicted octanol–water partition coefficient (Wildman–Crippen LogP) is 3.91. The summed E-state index contributed by atoms with van der Waals surface area (Å²) < 4.78 is 5.78. The molecule has 6 nitrogen and oxygen atoms in total. The number of benzene rings is 1. The second kappa shape index (κ2) is 5.86. The van der Waals surface area contributed by atoms with Crippen LogP contribution in [0.2, 0.25) is 0 Å². The number of carbonyl (C=O) groups excluding carboxylic acids is 1. The van der Waals surface area contributed by atoms with Gasteiger partial charge in [0.05, 0.1) is 11.9 Å². The average molecular weight is 336 g/mol. The first-order valence-electron chi connectivity index (χ1n) is 7.23. The lowest BCUT2D eigenvalue weighted by Crippen LogP contribution is -2.13. The van der Waals surface area contributed by atoms with Crippen molar-refractivity contribution >= 4 is 33.3 Å². The van der Waals surface area contributed by atoms with E-state index in [0.717, 1.165) is 16.7 Å². The Labute approximate surface area is 141 Å². The second-order valence-corrected chi connectivity index (χ2v) is 6.04. The normalized spacial score (nSPS) is 10.9. The van der Waals surface area contributed by atoms with Crippen molar-refractivity contribution in [3.8, 4) is 11.5 Å². The van der Waals surface area contributed by atoms with E-state index in [4.69, 9.17) is 4.42 Å². The molecule has 118 valence electrons. The van der Waals surface area contributed by atoms with Gasteiger partial charge in [-0.3, -0.25) is 15.1 Å². The third-order valence-electron chi connectivity index (χ3n) is 3.42. The number of hydrogen-bond acceptors (Lipinski definition) is 6. The first-order valence-corrected chi connectivity index (χ1v) is 8.11. The van der Waals surface area contributed by atoms with E-state index in [2.05, 4.69) is 20.3 Å². The molecular formula is C17H12N4O2S. The van der Waals surface area contributed by atoms with Gasteiger partial charge in [0.1, 0.15) is 17.0 Å². The fraction of sp³-hybridized carbons (Fsp3) is 0.0588. The largest absolute Gasteiger partial charge is 0.454 e. The molecule has 0 saturated carbocycles. The van der Waals surface area contributed by atoms with Crippen molar-refractivity contribution in [1.82, 2.24) is 15.0 Å². The van der Waals surface area contributed by atoms with Gasteiger partial charge in [-0.1, -0.05) is 18.2 Å². The molecule has 7 heteroatoms. The highest BCUT2D eigenvalue weighted by molar-refractivity contribution is 7.14. The molecular weight excluding hydrogens is 324 g/mol. The topological polar surface area (TPSA) is 80.9 Å². The van der Waals surface area contributed by atoms with Crippen LogP contribution in [-0.2, 0) is 0 Å². The van der Waals surface area contributed by atoms with Crippen LogP contribution in [0.15, 0.2) is 52.5 Å². The number of rotatable bonds is 3. The molecule has 3 aromatic heterocycles. The molecule has 0 fully saturated rings. The zero-order valence-corrected chi connectivity index (χ0v) is 13.5. The molecule has 0 aliphatic rings. The maximum atomic E-state index is 12.1. The minimum Gasteiger partial charge on any atom is -0.454 e. The highest BCUT2D eigenvalue weighted by Gasteiger charge is 2.13. The SMILES string of the molecule is Cc1cnc(C(=O)Nc2nc(-c3cc4ccccc4o3)cs2)cn1. The van der Waals surface area contributed by atoms with Crippen LogP contribution in [0.5, 0.6) is 0 Å². The molecule has 0 spiro atoms. The van der Waals surface area contributed by atoms with Gasteiger partial charge in [-0.2, -0.15) is 0 Å². The Kier molecular flexibility index (Phi) is 3.55. The van der Waals surface area contributed by atoms with Crippen molar-refractivity contribution < 1.29 is 9.21 Å². The van der Waals surface area contributed by atoms with Crippen molar-refractivity contribution in [3.05, 3.63) is 59.5 Å². The molecule has 0 radical (unpaired) electrons. The van der Waals surface area contributed by atoms with Gasteiger partial charge in [0.25, 0.3) is 5.91 Å². The quantitative estimate of drug-likeness (QED) is 0.613. The molecule has 3 heterocycles. The number of furan rings is 1. The second-order valence-electron chi connectivity index (χ2n) is 5.18. The van der Waals surface area contributed by atoms with E-state index in [1.165, 1.54) is 17.5 Å². The summed E-state index contributed by atoms with van der Waals surface area (Å²) in [6.45, 7) is 1.81. The molecule has 1 aromatic carbocycles. The Morgan fingerprint density at radius 1 is 1.21 bits per heavy atom. The van der Waals surface area contributed by atoms with Crippen LogP contribution in [0.25, 0.3) is 22.4 Å². The van der Waals surface area contributed by atoms with E-state index in [1.54, 1.807) is 6.20 Å². The number of anilines is 1. The number of para-hydroxylation sites is 1. The average Bonchev–Trinajstić information content (AvgIpc) is 3.21. The van der Waals surface area contributed by atoms with Crippen molar-refractivity contribution in [2.24, 2.45) is 0 Å². The summed E-state index contributed by atoms with van der Waals surface area (Å²) in [7, 11) is 0. The molecule has 4 rings (SSSR count). The van der Waals surface area contributed by atoms with Crippen molar-refractivity contribution in [1.29, 1.82) is 0 Å². The highest BCUT2D eigenvalue weighted by Crippen LogP contribution is 2.30. The standard InChI is InChI=1S/C17H12N4O2S/c1-10-7-19-12(8-18-10)16(22)21-17-20-13(9-24-17)15-6-11-4-2-3-5-14(11)23-15/h2-9H,1H3,(H,20,21,22). The highest BCUT2D eigenvalue weighted by atomic mass is 32.1. The van der Waals surface area contributed by atoms with E-state index in [0.29, 0.717) is 16.6 Å². The number of aryl methyl sites for hydroxylation is 1. The van der Waals surface area contributed by atoms with Gasteiger partial charge in [0, 0.05) is 17.0 Å². The fourth-order valence-corrected chi connectivity index (χ4v) is 2.92. The van der Waals surface area contributed by atoms with E-state index in [9.17, 15) is 4.79 Å². The van der Waals surface area contributed by atoms with Crippen LogP contribution in [0.1, 0.15) is 16.2 Å². The number of fused-ring (bicyclic) bond motifs is 1. The summed E-state index contributed by atoms with van der Waals surface area (Å²) in [6, 6.07) is 9.70. The molecule has 1 amide bonds. The Morgan fingerprint density at radius 3 is 2.88 bits per heavy atom. The number of carbonyl (C=O) groups is 1. The lowest BCUT2D eigenvalue weighted by Gasteiger charge is -2.00. The van der Waals surface area contributed by atoms with E-state index < -0.39 is 0 Å². The van der Waals surface area contributed by atoms with E-state index in [-0.39, 0.29) is 11.6 Å². The fourth-order valence-electron chi connectivity index (χ4n) is 2.22. The number of nitrogens with zero attached hydrogens (tertiary/aromatic N) is 3. The Morgan fingerprint density at radius 2 is 2.08 bits per heavy atom. The van der Waals surface area contributed by atoms with Gasteiger partial charge in [-0.05, 0) is 19.1 Å². The third kappa shape index (κ3) is 2.77. The van der Waals surface area contributed by atoms with Crippen LogP contribution >= 0.6 is 11.3 Å². The zero-order chi connectivity index (χ0) is 16.5. The lowest BCUT2D eigenvalue weighted by atomic mass is 10.2. The summed E-state index contributed by atoms with van der Waals surface area (Å²) in [6.07, 6.45) is 3.00. The Hall–Kier alpha value is -3.06. The molecule has 1 N–H and O–H groups in total. The summed E-state index contributed by atoms with van der Waals surface area (Å²) in [5.74, 6) is 0.330. The van der Waals surface area contributed by atoms with Crippen LogP contribution in [0.3, 0.4) is 0 Å². The molecule has 0 aliphatic carbocycles. The number of thiazole rings is 1. The lowest BCUT2D eigenvalue weighted by molar-refractivity contribution is 0.102. The molecule has 24 heavy (non-hydrogen) atoms. The summed E-state index contributed by atoms with van der Waals surface area (Å²) in [4.78, 5) is 24.7. The van der Waals surface area contributed by atoms with E-state index in [1.807, 2.05) is 42.6 Å². The summed E-state index contributed by atoms with van der Waals surface area (Å²) in [5.41, 5.74) is 2.50. The van der Waals surface area contributed by atoms with Crippen LogP contribution < -0.4 is 5.32 Å². The number of aromatic nitrogens is 3. The maximum Gasteiger partial charge on any atom is 0.277 e. The molecule has 0 saturated heterocycles. The van der Waals surface area contributed by atoms with Gasteiger partial charge in [0.15, 0.2) is 10.9 Å². The molecule has 0 bridgehead atoms. The summed E-state index contributed by atoms with van der Waals surface area (Å²) >= 11 is 1.33. The minimum absolute atomic E-state index is 0.251. The first-order chi connectivity index (χ1) is 11.7. The number of hydrogen-bond donors (Lipinski definition) is 1. The maximum absolute atomic E-state index is 12.1. The van der Waals surface area contributed by atoms with Gasteiger partial charge >= 0.3 is 0 Å². The zero-order valence-electron chi connectivity index (χ0n) is 12.7. The van der Waals surface area contributed by atoms with Crippen LogP contribution in [-0.4, -0.2) is 20.9 Å². The van der Waals surface area contributed by atoms with Crippen molar-refractivity contribution in [2.45, 2.75) is 6.92 Å². The third-order valence-corrected chi connectivity index (χ3v) is 4.17. The monoisotopic (exact) mass is 336 g/mol. The van der Waals surface area contributed by atoms with Gasteiger partial charge in [0.2, 0.25) is 0 Å².